The molecule has 1 aliphatic heterocycles. The van der Waals surface area contributed by atoms with Crippen LogP contribution in [0.5, 0.6) is 11.5 Å². The van der Waals surface area contributed by atoms with Crippen molar-refractivity contribution in [1.29, 1.82) is 0 Å². The molecule has 1 aliphatic rings. The highest BCUT2D eigenvalue weighted by Gasteiger charge is 2.19. The second kappa shape index (κ2) is 9.73. The zero-order chi connectivity index (χ0) is 20.6. The number of hydrogen-bond donors (Lipinski definition) is 1. The second-order valence-electron chi connectivity index (χ2n) is 6.77. The molecule has 7 nitrogen and oxygen atoms in total. The maximum atomic E-state index is 12.1. The molecule has 0 fully saturated rings. The number of ether oxygens (including phenoxy) is 3. The Morgan fingerprint density at radius 1 is 1.03 bits per heavy atom. The number of carbonyl (C=O) groups excluding carboxylic acids is 3. The molecule has 1 unspecified atom stereocenters. The van der Waals surface area contributed by atoms with Crippen molar-refractivity contribution >= 4 is 17.7 Å². The molecular weight excluding hydrogens is 374 g/mol. The highest BCUT2D eigenvalue weighted by Crippen LogP contribution is 2.32. The van der Waals surface area contributed by atoms with Crippen molar-refractivity contribution in [3.8, 4) is 11.5 Å². The molecule has 0 radical (unpaired) electrons. The predicted molar refractivity (Wildman–Crippen MR) is 105 cm³/mol. The van der Waals surface area contributed by atoms with Gasteiger partial charge in [-0.25, -0.2) is 0 Å². The number of ketones is 1. The van der Waals surface area contributed by atoms with Crippen molar-refractivity contribution in [3.63, 3.8) is 0 Å². The summed E-state index contributed by atoms with van der Waals surface area (Å²) in [5, 5.41) is 2.63. The molecule has 0 aliphatic carbocycles. The molecule has 1 amide bonds. The van der Waals surface area contributed by atoms with E-state index in [-0.39, 0.29) is 19.0 Å². The van der Waals surface area contributed by atoms with Gasteiger partial charge in [-0.2, -0.15) is 0 Å². The first-order chi connectivity index (χ1) is 14.0. The molecule has 1 atom stereocenters. The number of Topliss-reactive ketones (excluding diaryl/α,β-unsaturated/α-hetero) is 1. The van der Waals surface area contributed by atoms with Crippen molar-refractivity contribution in [2.75, 3.05) is 13.4 Å². The number of benzene rings is 2. The molecule has 29 heavy (non-hydrogen) atoms. The number of nitrogens with one attached hydrogen (secondary N) is 1. The van der Waals surface area contributed by atoms with Crippen LogP contribution in [0.4, 0.5) is 0 Å². The van der Waals surface area contributed by atoms with E-state index in [2.05, 4.69) is 5.32 Å². The number of carbonyl (C=O) groups is 3. The molecule has 0 saturated heterocycles. The lowest BCUT2D eigenvalue weighted by atomic mass is 10.0. The summed E-state index contributed by atoms with van der Waals surface area (Å²) in [4.78, 5) is 35.8. The summed E-state index contributed by atoms with van der Waals surface area (Å²) in [5.41, 5.74) is 1.85. The quantitative estimate of drug-likeness (QED) is 0.653. The molecule has 0 spiro atoms. The van der Waals surface area contributed by atoms with Gasteiger partial charge < -0.3 is 19.5 Å². The molecule has 0 saturated carbocycles. The van der Waals surface area contributed by atoms with E-state index in [0.29, 0.717) is 24.3 Å². The molecule has 0 bridgehead atoms. The number of fused-ring (bicyclic) bond motifs is 1. The van der Waals surface area contributed by atoms with E-state index in [9.17, 15) is 14.4 Å². The molecule has 1 N–H and O–H groups in total. The monoisotopic (exact) mass is 397 g/mol. The largest absolute Gasteiger partial charge is 0.456 e. The Hall–Kier alpha value is -3.35. The summed E-state index contributed by atoms with van der Waals surface area (Å²) in [6, 6.07) is 14.2. The Morgan fingerprint density at radius 3 is 2.55 bits per heavy atom. The lowest BCUT2D eigenvalue weighted by molar-refractivity contribution is -0.148. The van der Waals surface area contributed by atoms with Crippen molar-refractivity contribution in [2.45, 2.75) is 32.2 Å². The SMILES string of the molecule is CC(=O)C(Cc1ccccc1)NC(=O)COC(=O)CCc1ccc2c(c1)OCO2. The molecule has 2 aromatic carbocycles. The number of esters is 1. The molecule has 2 aromatic rings. The normalized spacial score (nSPS) is 12.9. The van der Waals surface area contributed by atoms with Crippen molar-refractivity contribution in [1.82, 2.24) is 5.32 Å². The zero-order valence-electron chi connectivity index (χ0n) is 16.2. The summed E-state index contributed by atoms with van der Waals surface area (Å²) in [7, 11) is 0. The van der Waals surface area contributed by atoms with E-state index in [1.54, 1.807) is 6.07 Å². The van der Waals surface area contributed by atoms with Gasteiger partial charge >= 0.3 is 5.97 Å². The fourth-order valence-corrected chi connectivity index (χ4v) is 2.94. The van der Waals surface area contributed by atoms with Crippen LogP contribution in [0.15, 0.2) is 48.5 Å². The van der Waals surface area contributed by atoms with Gasteiger partial charge in [0.05, 0.1) is 6.04 Å². The number of rotatable bonds is 9. The van der Waals surface area contributed by atoms with Crippen molar-refractivity contribution in [3.05, 3.63) is 59.7 Å². The van der Waals surface area contributed by atoms with E-state index in [1.807, 2.05) is 42.5 Å². The van der Waals surface area contributed by atoms with Crippen LogP contribution in [0, 0.1) is 0 Å². The number of hydrogen-bond acceptors (Lipinski definition) is 6. The van der Waals surface area contributed by atoms with Crippen LogP contribution in [-0.4, -0.2) is 37.1 Å². The van der Waals surface area contributed by atoms with Gasteiger partial charge in [0.25, 0.3) is 5.91 Å². The third kappa shape index (κ3) is 6.07. The van der Waals surface area contributed by atoms with Gasteiger partial charge in [-0.3, -0.25) is 14.4 Å². The highest BCUT2D eigenvalue weighted by molar-refractivity contribution is 5.88. The Morgan fingerprint density at radius 2 is 1.79 bits per heavy atom. The van der Waals surface area contributed by atoms with Crippen LogP contribution >= 0.6 is 0 Å². The molecule has 1 heterocycles. The first kappa shape index (κ1) is 20.4. The lowest BCUT2D eigenvalue weighted by Gasteiger charge is -2.16. The van der Waals surface area contributed by atoms with Crippen LogP contribution in [-0.2, 0) is 32.0 Å². The number of amides is 1. The van der Waals surface area contributed by atoms with E-state index >= 15 is 0 Å². The molecule has 7 heteroatoms. The average molecular weight is 397 g/mol. The minimum Gasteiger partial charge on any atom is -0.456 e. The van der Waals surface area contributed by atoms with E-state index in [4.69, 9.17) is 14.2 Å². The molecule has 0 aromatic heterocycles. The summed E-state index contributed by atoms with van der Waals surface area (Å²) in [6.07, 6.45) is 0.980. The smallest absolute Gasteiger partial charge is 0.306 e. The fraction of sp³-hybridized carbons (Fsp3) is 0.318. The van der Waals surface area contributed by atoms with Gasteiger partial charge in [0.2, 0.25) is 6.79 Å². The molecular formula is C22H23NO6. The summed E-state index contributed by atoms with van der Waals surface area (Å²) >= 11 is 0. The van der Waals surface area contributed by atoms with Crippen LogP contribution in [0.25, 0.3) is 0 Å². The van der Waals surface area contributed by atoms with Gasteiger partial charge in [-0.1, -0.05) is 36.4 Å². The first-order valence-corrected chi connectivity index (χ1v) is 9.39. The Bertz CT molecular complexity index is 880. The van der Waals surface area contributed by atoms with Gasteiger partial charge in [0, 0.05) is 6.42 Å². The third-order valence-corrected chi connectivity index (χ3v) is 4.53. The molecule has 3 rings (SSSR count). The lowest BCUT2D eigenvalue weighted by Crippen LogP contribution is -2.43. The van der Waals surface area contributed by atoms with E-state index in [0.717, 1.165) is 11.1 Å². The van der Waals surface area contributed by atoms with Crippen LogP contribution in [0.2, 0.25) is 0 Å². The average Bonchev–Trinajstić information content (AvgIpc) is 3.19. The summed E-state index contributed by atoms with van der Waals surface area (Å²) < 4.78 is 15.6. The van der Waals surface area contributed by atoms with Gasteiger partial charge in [-0.05, 0) is 43.0 Å². The van der Waals surface area contributed by atoms with Gasteiger partial charge in [-0.15, -0.1) is 0 Å². The van der Waals surface area contributed by atoms with Crippen LogP contribution < -0.4 is 14.8 Å². The van der Waals surface area contributed by atoms with Crippen molar-refractivity contribution in [2.24, 2.45) is 0 Å². The standard InChI is InChI=1S/C22H23NO6/c1-15(24)18(11-16-5-3-2-4-6-16)23-21(25)13-27-22(26)10-8-17-7-9-19-20(12-17)29-14-28-19/h2-7,9,12,18H,8,10-11,13-14H2,1H3,(H,23,25). The second-order valence-corrected chi connectivity index (χ2v) is 6.77. The first-order valence-electron chi connectivity index (χ1n) is 9.39. The Kier molecular flexibility index (Phi) is 6.84. The zero-order valence-corrected chi connectivity index (χ0v) is 16.2. The fourth-order valence-electron chi connectivity index (χ4n) is 2.94. The van der Waals surface area contributed by atoms with Crippen LogP contribution in [0.3, 0.4) is 0 Å². The van der Waals surface area contributed by atoms with E-state index in [1.165, 1.54) is 6.92 Å². The van der Waals surface area contributed by atoms with Crippen molar-refractivity contribution < 1.29 is 28.6 Å². The minimum absolute atomic E-state index is 0.132. The minimum atomic E-state index is -0.655. The maximum absolute atomic E-state index is 12.1. The highest BCUT2D eigenvalue weighted by atomic mass is 16.7. The summed E-state index contributed by atoms with van der Waals surface area (Å²) in [6.45, 7) is 1.20. The Balaban J connectivity index is 1.41. The topological polar surface area (TPSA) is 90.9 Å². The Labute approximate surface area is 169 Å². The van der Waals surface area contributed by atoms with Crippen LogP contribution in [0.1, 0.15) is 24.5 Å². The van der Waals surface area contributed by atoms with E-state index < -0.39 is 24.5 Å². The maximum Gasteiger partial charge on any atom is 0.306 e. The predicted octanol–water partition coefficient (Wildman–Crippen LogP) is 2.21. The molecule has 152 valence electrons. The summed E-state index contributed by atoms with van der Waals surface area (Å²) in [5.74, 6) is 0.196. The number of aryl methyl sites for hydroxylation is 1. The van der Waals surface area contributed by atoms with Gasteiger partial charge in [0.1, 0.15) is 0 Å². The van der Waals surface area contributed by atoms with Gasteiger partial charge in [0.15, 0.2) is 23.9 Å². The third-order valence-electron chi connectivity index (χ3n) is 4.53.